The summed E-state index contributed by atoms with van der Waals surface area (Å²) in [5.41, 5.74) is 0.984. The standard InChI is InChI=1S/C16H23N5O2/c1-11(2)13(10-22)18-16(23)12-9-17-21-8-5-14(19-15(12)21)20-6-3-4-7-20/h5,8-9,11,13,22H,3-4,6-7,10H2,1-2H3,(H,18,23). The van der Waals surface area contributed by atoms with Crippen molar-refractivity contribution in [1.82, 2.24) is 19.9 Å². The zero-order valence-corrected chi connectivity index (χ0v) is 13.6. The molecular weight excluding hydrogens is 294 g/mol. The second-order valence-corrected chi connectivity index (χ2v) is 6.31. The fraction of sp³-hybridized carbons (Fsp3) is 0.562. The zero-order valence-electron chi connectivity index (χ0n) is 13.6. The summed E-state index contributed by atoms with van der Waals surface area (Å²) in [5, 5.41) is 16.4. The first-order chi connectivity index (χ1) is 11.1. The maximum atomic E-state index is 12.5. The first-order valence-electron chi connectivity index (χ1n) is 8.11. The summed E-state index contributed by atoms with van der Waals surface area (Å²) >= 11 is 0. The van der Waals surface area contributed by atoms with E-state index < -0.39 is 0 Å². The molecule has 1 aliphatic heterocycles. The number of fused-ring (bicyclic) bond motifs is 1. The molecule has 0 aliphatic carbocycles. The van der Waals surface area contributed by atoms with Crippen LogP contribution in [0, 0.1) is 5.92 Å². The van der Waals surface area contributed by atoms with Crippen LogP contribution in [0.2, 0.25) is 0 Å². The van der Waals surface area contributed by atoms with E-state index in [2.05, 4.69) is 20.3 Å². The summed E-state index contributed by atoms with van der Waals surface area (Å²) in [6, 6.07) is 1.65. The van der Waals surface area contributed by atoms with Crippen molar-refractivity contribution < 1.29 is 9.90 Å². The molecule has 0 spiro atoms. The lowest BCUT2D eigenvalue weighted by atomic mass is 10.1. The third kappa shape index (κ3) is 3.14. The van der Waals surface area contributed by atoms with Gasteiger partial charge in [0.25, 0.3) is 5.91 Å². The van der Waals surface area contributed by atoms with Gasteiger partial charge >= 0.3 is 0 Å². The first kappa shape index (κ1) is 15.7. The molecule has 3 rings (SSSR count). The molecule has 1 fully saturated rings. The predicted octanol–water partition coefficient (Wildman–Crippen LogP) is 1.08. The highest BCUT2D eigenvalue weighted by atomic mass is 16.3. The Morgan fingerprint density at radius 1 is 1.39 bits per heavy atom. The molecule has 1 saturated heterocycles. The zero-order chi connectivity index (χ0) is 16.4. The van der Waals surface area contributed by atoms with Gasteiger partial charge in [-0.1, -0.05) is 13.8 Å². The van der Waals surface area contributed by atoms with Gasteiger partial charge < -0.3 is 15.3 Å². The van der Waals surface area contributed by atoms with Gasteiger partial charge in [-0.25, -0.2) is 9.50 Å². The molecule has 124 valence electrons. The third-order valence-corrected chi connectivity index (χ3v) is 4.35. The molecule has 1 unspecified atom stereocenters. The van der Waals surface area contributed by atoms with E-state index in [0.29, 0.717) is 11.2 Å². The van der Waals surface area contributed by atoms with Crippen LogP contribution in [0.3, 0.4) is 0 Å². The minimum atomic E-state index is -0.279. The van der Waals surface area contributed by atoms with Crippen LogP contribution in [0.5, 0.6) is 0 Å². The number of carbonyl (C=O) groups excluding carboxylic acids is 1. The lowest BCUT2D eigenvalue weighted by Gasteiger charge is -2.19. The normalized spacial score (nSPS) is 16.3. The molecule has 0 bridgehead atoms. The quantitative estimate of drug-likeness (QED) is 0.862. The van der Waals surface area contributed by atoms with Crippen LogP contribution in [0.15, 0.2) is 18.5 Å². The second-order valence-electron chi connectivity index (χ2n) is 6.31. The second kappa shape index (κ2) is 6.54. The van der Waals surface area contributed by atoms with E-state index in [4.69, 9.17) is 0 Å². The first-order valence-corrected chi connectivity index (χ1v) is 8.11. The topological polar surface area (TPSA) is 82.8 Å². The lowest BCUT2D eigenvalue weighted by molar-refractivity contribution is 0.0898. The summed E-state index contributed by atoms with van der Waals surface area (Å²) in [4.78, 5) is 19.3. The minimum Gasteiger partial charge on any atom is -0.394 e. The Bertz CT molecular complexity index is 691. The average Bonchev–Trinajstić information content (AvgIpc) is 3.20. The van der Waals surface area contributed by atoms with Gasteiger partial charge in [0.1, 0.15) is 11.4 Å². The number of aliphatic hydroxyl groups excluding tert-OH is 1. The molecule has 23 heavy (non-hydrogen) atoms. The van der Waals surface area contributed by atoms with Crippen molar-refractivity contribution in [2.75, 3.05) is 24.6 Å². The number of nitrogens with zero attached hydrogens (tertiary/aromatic N) is 4. The van der Waals surface area contributed by atoms with Gasteiger partial charge in [-0.05, 0) is 24.8 Å². The Kier molecular flexibility index (Phi) is 4.47. The molecule has 2 N–H and O–H groups in total. The summed E-state index contributed by atoms with van der Waals surface area (Å²) in [6.45, 7) is 5.83. The van der Waals surface area contributed by atoms with Crippen molar-refractivity contribution in [3.05, 3.63) is 24.0 Å². The number of hydrogen-bond acceptors (Lipinski definition) is 5. The van der Waals surface area contributed by atoms with Crippen molar-refractivity contribution in [1.29, 1.82) is 0 Å². The molecule has 0 saturated carbocycles. The van der Waals surface area contributed by atoms with Gasteiger partial charge in [-0.3, -0.25) is 4.79 Å². The van der Waals surface area contributed by atoms with Crippen LogP contribution in [-0.4, -0.2) is 51.4 Å². The van der Waals surface area contributed by atoms with Gasteiger partial charge in [0.05, 0.1) is 18.8 Å². The number of nitrogens with one attached hydrogen (secondary N) is 1. The SMILES string of the molecule is CC(C)C(CO)NC(=O)c1cnn2ccc(N3CCCC3)nc12. The van der Waals surface area contributed by atoms with E-state index in [1.165, 1.54) is 19.0 Å². The van der Waals surface area contributed by atoms with Gasteiger partial charge in [0, 0.05) is 19.3 Å². The molecule has 7 nitrogen and oxygen atoms in total. The average molecular weight is 317 g/mol. The number of carbonyl (C=O) groups is 1. The lowest BCUT2D eigenvalue weighted by Crippen LogP contribution is -2.41. The molecule has 1 amide bonds. The molecule has 2 aromatic heterocycles. The number of hydrogen-bond donors (Lipinski definition) is 2. The Balaban J connectivity index is 1.88. The molecule has 3 heterocycles. The van der Waals surface area contributed by atoms with Gasteiger partial charge in [-0.15, -0.1) is 0 Å². The highest BCUT2D eigenvalue weighted by Crippen LogP contribution is 2.19. The molecule has 1 aliphatic rings. The molecule has 7 heteroatoms. The van der Waals surface area contributed by atoms with Crippen LogP contribution in [-0.2, 0) is 0 Å². The van der Waals surface area contributed by atoms with Crippen LogP contribution in [0.25, 0.3) is 5.65 Å². The van der Waals surface area contributed by atoms with Crippen LogP contribution < -0.4 is 10.2 Å². The predicted molar refractivity (Wildman–Crippen MR) is 87.6 cm³/mol. The number of anilines is 1. The van der Waals surface area contributed by atoms with Crippen molar-refractivity contribution in [3.8, 4) is 0 Å². The monoisotopic (exact) mass is 317 g/mol. The van der Waals surface area contributed by atoms with Crippen molar-refractivity contribution in [3.63, 3.8) is 0 Å². The fourth-order valence-electron chi connectivity index (χ4n) is 2.81. The van der Waals surface area contributed by atoms with E-state index in [0.717, 1.165) is 18.9 Å². The van der Waals surface area contributed by atoms with Crippen LogP contribution in [0.4, 0.5) is 5.82 Å². The smallest absolute Gasteiger partial charge is 0.257 e. The minimum absolute atomic E-state index is 0.0882. The maximum Gasteiger partial charge on any atom is 0.257 e. The summed E-state index contributed by atoms with van der Waals surface area (Å²) in [7, 11) is 0. The molecular formula is C16H23N5O2. The number of aromatic nitrogens is 3. The Morgan fingerprint density at radius 3 is 2.78 bits per heavy atom. The molecule has 0 radical (unpaired) electrons. The van der Waals surface area contributed by atoms with E-state index >= 15 is 0 Å². The van der Waals surface area contributed by atoms with Gasteiger partial charge in [0.15, 0.2) is 5.65 Å². The molecule has 2 aromatic rings. The van der Waals surface area contributed by atoms with E-state index in [1.54, 1.807) is 4.52 Å². The van der Waals surface area contributed by atoms with Crippen LogP contribution >= 0.6 is 0 Å². The van der Waals surface area contributed by atoms with Crippen molar-refractivity contribution in [2.24, 2.45) is 5.92 Å². The number of aliphatic hydroxyl groups is 1. The fourth-order valence-corrected chi connectivity index (χ4v) is 2.81. The highest BCUT2D eigenvalue weighted by Gasteiger charge is 2.21. The number of rotatable bonds is 5. The Morgan fingerprint density at radius 2 is 2.13 bits per heavy atom. The Hall–Kier alpha value is -2.15. The van der Waals surface area contributed by atoms with E-state index in [1.807, 2.05) is 26.1 Å². The molecule has 1 atom stereocenters. The van der Waals surface area contributed by atoms with Crippen LogP contribution in [0.1, 0.15) is 37.0 Å². The van der Waals surface area contributed by atoms with E-state index in [-0.39, 0.29) is 24.5 Å². The van der Waals surface area contributed by atoms with Crippen molar-refractivity contribution >= 4 is 17.4 Å². The Labute approximate surface area is 135 Å². The van der Waals surface area contributed by atoms with Gasteiger partial charge in [0.2, 0.25) is 0 Å². The van der Waals surface area contributed by atoms with Gasteiger partial charge in [-0.2, -0.15) is 5.10 Å². The number of amides is 1. The van der Waals surface area contributed by atoms with E-state index in [9.17, 15) is 9.90 Å². The maximum absolute atomic E-state index is 12.5. The third-order valence-electron chi connectivity index (χ3n) is 4.35. The molecule has 0 aromatic carbocycles. The summed E-state index contributed by atoms with van der Waals surface area (Å²) in [5.74, 6) is 0.782. The van der Waals surface area contributed by atoms with Crippen molar-refractivity contribution in [2.45, 2.75) is 32.7 Å². The largest absolute Gasteiger partial charge is 0.394 e. The highest BCUT2D eigenvalue weighted by molar-refractivity contribution is 5.99. The summed E-state index contributed by atoms with van der Waals surface area (Å²) < 4.78 is 1.61. The summed E-state index contributed by atoms with van der Waals surface area (Å²) in [6.07, 6.45) is 5.71.